The van der Waals surface area contributed by atoms with Gasteiger partial charge in [0.15, 0.2) is 0 Å². The number of carbonyl (C=O) groups is 3. The fourth-order valence-electron chi connectivity index (χ4n) is 4.44. The lowest BCUT2D eigenvalue weighted by Gasteiger charge is -2.17. The average Bonchev–Trinajstić information content (AvgIpc) is 3.16. The van der Waals surface area contributed by atoms with Gasteiger partial charge >= 0.3 is 12.1 Å². The molecule has 0 bridgehead atoms. The van der Waals surface area contributed by atoms with Crippen LogP contribution in [0.2, 0.25) is 0 Å². The van der Waals surface area contributed by atoms with Crippen molar-refractivity contribution in [1.29, 1.82) is 0 Å². The van der Waals surface area contributed by atoms with Crippen LogP contribution in [0, 0.1) is 0 Å². The SMILES string of the molecule is CC(C(=O)N[C@H](C)CC(=O)O)c1ccc(NC(=O)OCC2c3ccccc3-c3ccccc32)cc1. The van der Waals surface area contributed by atoms with Crippen molar-refractivity contribution in [1.82, 2.24) is 5.32 Å². The third-order valence-corrected chi connectivity index (χ3v) is 6.26. The molecule has 0 aromatic heterocycles. The lowest BCUT2D eigenvalue weighted by molar-refractivity contribution is -0.137. The zero-order valence-electron chi connectivity index (χ0n) is 19.7. The highest BCUT2D eigenvalue weighted by molar-refractivity contribution is 5.86. The molecule has 3 aromatic rings. The van der Waals surface area contributed by atoms with Crippen molar-refractivity contribution in [2.24, 2.45) is 0 Å². The molecular weight excluding hydrogens is 444 g/mol. The normalized spacial score (nSPS) is 13.8. The monoisotopic (exact) mass is 472 g/mol. The summed E-state index contributed by atoms with van der Waals surface area (Å²) in [6.07, 6.45) is -0.686. The minimum absolute atomic E-state index is 0.0154. The molecule has 35 heavy (non-hydrogen) atoms. The van der Waals surface area contributed by atoms with Gasteiger partial charge in [-0.3, -0.25) is 14.9 Å². The van der Waals surface area contributed by atoms with Crippen LogP contribution in [0.1, 0.15) is 48.8 Å². The van der Waals surface area contributed by atoms with Gasteiger partial charge in [0.2, 0.25) is 5.91 Å². The van der Waals surface area contributed by atoms with Gasteiger partial charge in [-0.15, -0.1) is 0 Å². The van der Waals surface area contributed by atoms with E-state index in [-0.39, 0.29) is 24.9 Å². The minimum atomic E-state index is -0.964. The van der Waals surface area contributed by atoms with E-state index >= 15 is 0 Å². The van der Waals surface area contributed by atoms with Gasteiger partial charge in [-0.2, -0.15) is 0 Å². The fourth-order valence-corrected chi connectivity index (χ4v) is 4.44. The van der Waals surface area contributed by atoms with Gasteiger partial charge in [-0.05, 0) is 53.8 Å². The zero-order valence-corrected chi connectivity index (χ0v) is 19.7. The van der Waals surface area contributed by atoms with Crippen LogP contribution in [-0.4, -0.2) is 35.7 Å². The standard InChI is InChI=1S/C28H28N2O5/c1-17(15-26(31)32)29-27(33)18(2)19-11-13-20(14-12-19)30-28(34)35-16-25-23-9-5-3-7-21(23)22-8-4-6-10-24(22)25/h3-14,17-18,25H,15-16H2,1-2H3,(H,29,33)(H,30,34)(H,31,32)/t17-,18?/m1/s1. The lowest BCUT2D eigenvalue weighted by Crippen LogP contribution is -2.36. The molecule has 7 nitrogen and oxygen atoms in total. The van der Waals surface area contributed by atoms with Gasteiger partial charge in [0.05, 0.1) is 12.3 Å². The van der Waals surface area contributed by atoms with Crippen molar-refractivity contribution in [3.8, 4) is 11.1 Å². The van der Waals surface area contributed by atoms with Crippen LogP contribution >= 0.6 is 0 Å². The number of anilines is 1. The Bertz CT molecular complexity index is 1190. The number of benzene rings is 3. The minimum Gasteiger partial charge on any atom is -0.481 e. The highest BCUT2D eigenvalue weighted by Gasteiger charge is 2.29. The van der Waals surface area contributed by atoms with Crippen LogP contribution in [-0.2, 0) is 14.3 Å². The number of aliphatic carboxylic acids is 1. The number of hydrogen-bond donors (Lipinski definition) is 3. The molecule has 1 unspecified atom stereocenters. The summed E-state index contributed by atoms with van der Waals surface area (Å²) in [5.74, 6) is -1.70. The maximum atomic E-state index is 12.5. The van der Waals surface area contributed by atoms with Crippen LogP contribution in [0.4, 0.5) is 10.5 Å². The first-order chi connectivity index (χ1) is 16.8. The molecule has 0 heterocycles. The van der Waals surface area contributed by atoms with E-state index in [4.69, 9.17) is 9.84 Å². The summed E-state index contributed by atoms with van der Waals surface area (Å²) in [5, 5.41) is 14.3. The van der Waals surface area contributed by atoms with Crippen molar-refractivity contribution in [2.75, 3.05) is 11.9 Å². The highest BCUT2D eigenvalue weighted by Crippen LogP contribution is 2.44. The second-order valence-electron chi connectivity index (χ2n) is 8.80. The van der Waals surface area contributed by atoms with E-state index in [9.17, 15) is 14.4 Å². The molecule has 4 rings (SSSR count). The Morgan fingerprint density at radius 3 is 2.03 bits per heavy atom. The Balaban J connectivity index is 1.33. The number of carbonyl (C=O) groups excluding carboxylic acids is 2. The summed E-state index contributed by atoms with van der Waals surface area (Å²) in [7, 11) is 0. The summed E-state index contributed by atoms with van der Waals surface area (Å²) in [6, 6.07) is 22.8. The van der Waals surface area contributed by atoms with E-state index in [1.54, 1.807) is 38.1 Å². The number of hydrogen-bond acceptors (Lipinski definition) is 4. The van der Waals surface area contributed by atoms with Gasteiger partial charge in [0.25, 0.3) is 0 Å². The number of carboxylic acid groups (broad SMARTS) is 1. The number of rotatable bonds is 8. The molecule has 0 saturated heterocycles. The van der Waals surface area contributed by atoms with Crippen LogP contribution in [0.5, 0.6) is 0 Å². The molecule has 2 atom stereocenters. The topological polar surface area (TPSA) is 105 Å². The summed E-state index contributed by atoms with van der Waals surface area (Å²) >= 11 is 0. The molecule has 7 heteroatoms. The summed E-state index contributed by atoms with van der Waals surface area (Å²) in [6.45, 7) is 3.63. The van der Waals surface area contributed by atoms with E-state index in [0.717, 1.165) is 16.7 Å². The van der Waals surface area contributed by atoms with Gasteiger partial charge in [-0.25, -0.2) is 4.79 Å². The number of carboxylic acids is 1. The molecule has 0 fully saturated rings. The van der Waals surface area contributed by atoms with Crippen molar-refractivity contribution in [3.05, 3.63) is 89.5 Å². The molecule has 1 aliphatic carbocycles. The van der Waals surface area contributed by atoms with E-state index in [1.165, 1.54) is 11.1 Å². The Kier molecular flexibility index (Phi) is 7.15. The Morgan fingerprint density at radius 1 is 0.886 bits per heavy atom. The molecule has 0 spiro atoms. The molecule has 180 valence electrons. The third kappa shape index (κ3) is 5.51. The fraction of sp³-hybridized carbons (Fsp3) is 0.250. The van der Waals surface area contributed by atoms with Crippen molar-refractivity contribution < 1.29 is 24.2 Å². The van der Waals surface area contributed by atoms with Gasteiger partial charge < -0.3 is 15.2 Å². The number of nitrogens with one attached hydrogen (secondary N) is 2. The van der Waals surface area contributed by atoms with Gasteiger partial charge in [0, 0.05) is 17.6 Å². The first kappa shape index (κ1) is 24.0. The quantitative estimate of drug-likeness (QED) is 0.422. The maximum Gasteiger partial charge on any atom is 0.411 e. The van der Waals surface area contributed by atoms with Crippen LogP contribution < -0.4 is 10.6 Å². The van der Waals surface area contributed by atoms with E-state index in [1.807, 2.05) is 24.3 Å². The second kappa shape index (κ2) is 10.4. The van der Waals surface area contributed by atoms with Gasteiger partial charge in [-0.1, -0.05) is 60.7 Å². The molecule has 1 aliphatic rings. The largest absolute Gasteiger partial charge is 0.481 e. The van der Waals surface area contributed by atoms with Crippen LogP contribution in [0.15, 0.2) is 72.8 Å². The molecular formula is C28H28N2O5. The summed E-state index contributed by atoms with van der Waals surface area (Å²) in [5.41, 5.74) is 5.94. The smallest absolute Gasteiger partial charge is 0.411 e. The molecule has 0 radical (unpaired) electrons. The first-order valence-corrected chi connectivity index (χ1v) is 11.6. The van der Waals surface area contributed by atoms with E-state index in [2.05, 4.69) is 34.9 Å². The lowest BCUT2D eigenvalue weighted by atomic mass is 9.98. The Morgan fingerprint density at radius 2 is 1.46 bits per heavy atom. The average molecular weight is 473 g/mol. The van der Waals surface area contributed by atoms with E-state index < -0.39 is 24.0 Å². The zero-order chi connectivity index (χ0) is 24.9. The predicted octanol–water partition coefficient (Wildman–Crippen LogP) is 5.13. The number of ether oxygens (including phenoxy) is 1. The van der Waals surface area contributed by atoms with Crippen molar-refractivity contribution in [2.45, 2.75) is 38.1 Å². The molecule has 3 aromatic carbocycles. The number of amides is 2. The molecule has 0 saturated carbocycles. The Labute approximate surface area is 204 Å². The van der Waals surface area contributed by atoms with Crippen LogP contribution in [0.25, 0.3) is 11.1 Å². The molecule has 0 aliphatic heterocycles. The highest BCUT2D eigenvalue weighted by atomic mass is 16.5. The maximum absolute atomic E-state index is 12.5. The third-order valence-electron chi connectivity index (χ3n) is 6.26. The summed E-state index contributed by atoms with van der Waals surface area (Å²) in [4.78, 5) is 35.7. The van der Waals surface area contributed by atoms with Crippen molar-refractivity contribution >= 4 is 23.7 Å². The second-order valence-corrected chi connectivity index (χ2v) is 8.80. The molecule has 3 N–H and O–H groups in total. The first-order valence-electron chi connectivity index (χ1n) is 11.6. The van der Waals surface area contributed by atoms with Crippen LogP contribution in [0.3, 0.4) is 0 Å². The Hall–Kier alpha value is -4.13. The van der Waals surface area contributed by atoms with Crippen molar-refractivity contribution in [3.63, 3.8) is 0 Å². The van der Waals surface area contributed by atoms with Gasteiger partial charge in [0.1, 0.15) is 6.61 Å². The summed E-state index contributed by atoms with van der Waals surface area (Å²) < 4.78 is 5.57. The number of fused-ring (bicyclic) bond motifs is 3. The predicted molar refractivity (Wildman–Crippen MR) is 133 cm³/mol. The molecule has 2 amide bonds. The van der Waals surface area contributed by atoms with E-state index in [0.29, 0.717) is 5.69 Å².